The van der Waals surface area contributed by atoms with Gasteiger partial charge in [-0.2, -0.15) is 0 Å². The Morgan fingerprint density at radius 2 is 2.15 bits per heavy atom. The SMILES string of the molecule is Oc1cc(OCc2ncccc2F)nc2c1CCCC2. The molecule has 0 saturated carbocycles. The van der Waals surface area contributed by atoms with E-state index in [1.807, 2.05) is 0 Å². The van der Waals surface area contributed by atoms with Gasteiger partial charge < -0.3 is 9.84 Å². The maximum Gasteiger partial charge on any atom is 0.217 e. The minimum Gasteiger partial charge on any atom is -0.507 e. The quantitative estimate of drug-likeness (QED) is 0.935. The van der Waals surface area contributed by atoms with E-state index in [1.165, 1.54) is 24.4 Å². The van der Waals surface area contributed by atoms with Crippen LogP contribution in [0.15, 0.2) is 24.4 Å². The van der Waals surface area contributed by atoms with Crippen LogP contribution < -0.4 is 4.74 Å². The molecule has 20 heavy (non-hydrogen) atoms. The topological polar surface area (TPSA) is 55.2 Å². The number of nitrogens with zero attached hydrogens (tertiary/aromatic N) is 2. The fourth-order valence-electron chi connectivity index (χ4n) is 2.40. The number of ether oxygens (including phenoxy) is 1. The fourth-order valence-corrected chi connectivity index (χ4v) is 2.40. The van der Waals surface area contributed by atoms with Gasteiger partial charge in [0, 0.05) is 17.8 Å². The molecule has 0 unspecified atom stereocenters. The Bertz CT molecular complexity index is 631. The molecule has 0 radical (unpaired) electrons. The molecule has 4 nitrogen and oxygen atoms in total. The van der Waals surface area contributed by atoms with Gasteiger partial charge in [-0.1, -0.05) is 0 Å². The van der Waals surface area contributed by atoms with Crippen LogP contribution in [0.25, 0.3) is 0 Å². The summed E-state index contributed by atoms with van der Waals surface area (Å²) in [5.41, 5.74) is 2.02. The molecule has 2 aromatic heterocycles. The predicted molar refractivity (Wildman–Crippen MR) is 71.1 cm³/mol. The first-order chi connectivity index (χ1) is 9.74. The molecule has 0 aromatic carbocycles. The van der Waals surface area contributed by atoms with E-state index in [0.29, 0.717) is 5.88 Å². The average Bonchev–Trinajstić information content (AvgIpc) is 2.46. The fraction of sp³-hybridized carbons (Fsp3) is 0.333. The van der Waals surface area contributed by atoms with E-state index in [9.17, 15) is 9.50 Å². The molecule has 2 heterocycles. The zero-order valence-corrected chi connectivity index (χ0v) is 11.0. The van der Waals surface area contributed by atoms with Crippen molar-refractivity contribution in [2.24, 2.45) is 0 Å². The molecule has 0 saturated heterocycles. The molecule has 104 valence electrons. The monoisotopic (exact) mass is 274 g/mol. The first-order valence-corrected chi connectivity index (χ1v) is 6.68. The minimum absolute atomic E-state index is 0.00208. The molecule has 0 amide bonds. The average molecular weight is 274 g/mol. The number of pyridine rings is 2. The summed E-state index contributed by atoms with van der Waals surface area (Å²) in [5.74, 6) is 0.120. The predicted octanol–water partition coefficient (Wildman–Crippen LogP) is 2.78. The third-order valence-electron chi connectivity index (χ3n) is 3.44. The molecule has 0 aliphatic heterocycles. The molecule has 1 aliphatic carbocycles. The van der Waals surface area contributed by atoms with Crippen molar-refractivity contribution in [3.8, 4) is 11.6 Å². The van der Waals surface area contributed by atoms with Crippen molar-refractivity contribution in [2.45, 2.75) is 32.3 Å². The van der Waals surface area contributed by atoms with Crippen molar-refractivity contribution < 1.29 is 14.2 Å². The molecule has 0 atom stereocenters. The van der Waals surface area contributed by atoms with Gasteiger partial charge in [-0.05, 0) is 37.8 Å². The second kappa shape index (κ2) is 5.45. The van der Waals surface area contributed by atoms with Crippen LogP contribution in [0, 0.1) is 5.82 Å². The van der Waals surface area contributed by atoms with Crippen molar-refractivity contribution >= 4 is 0 Å². The standard InChI is InChI=1S/C15H15FN2O2/c16-11-5-3-7-17-13(11)9-20-15-8-14(19)10-4-1-2-6-12(10)18-15/h3,5,7-8H,1-2,4,6,9H2,(H,18,19). The van der Waals surface area contributed by atoms with Gasteiger partial charge >= 0.3 is 0 Å². The largest absolute Gasteiger partial charge is 0.507 e. The van der Waals surface area contributed by atoms with Gasteiger partial charge in [0.25, 0.3) is 0 Å². The maximum atomic E-state index is 13.4. The first kappa shape index (κ1) is 12.8. The summed E-state index contributed by atoms with van der Waals surface area (Å²) in [6, 6.07) is 4.36. The van der Waals surface area contributed by atoms with Gasteiger partial charge in [0.2, 0.25) is 5.88 Å². The molecule has 0 fully saturated rings. The molecule has 0 bridgehead atoms. The van der Waals surface area contributed by atoms with Gasteiger partial charge in [0.1, 0.15) is 23.9 Å². The number of aryl methyl sites for hydroxylation is 1. The van der Waals surface area contributed by atoms with Crippen molar-refractivity contribution in [1.82, 2.24) is 9.97 Å². The summed E-state index contributed by atoms with van der Waals surface area (Å²) in [7, 11) is 0. The third-order valence-corrected chi connectivity index (χ3v) is 3.44. The molecule has 3 rings (SSSR count). The lowest BCUT2D eigenvalue weighted by molar-refractivity contribution is 0.279. The van der Waals surface area contributed by atoms with Gasteiger partial charge in [0.05, 0.1) is 5.69 Å². The maximum absolute atomic E-state index is 13.4. The molecule has 2 aromatic rings. The van der Waals surface area contributed by atoms with Gasteiger partial charge in [0.15, 0.2) is 0 Å². The number of aromatic hydroxyl groups is 1. The number of aromatic nitrogens is 2. The highest BCUT2D eigenvalue weighted by atomic mass is 19.1. The number of fused-ring (bicyclic) bond motifs is 1. The summed E-state index contributed by atoms with van der Waals surface area (Å²) in [5, 5.41) is 9.98. The zero-order chi connectivity index (χ0) is 13.9. The van der Waals surface area contributed by atoms with Crippen molar-refractivity contribution in [3.05, 3.63) is 47.2 Å². The van der Waals surface area contributed by atoms with Crippen molar-refractivity contribution in [2.75, 3.05) is 0 Å². The van der Waals surface area contributed by atoms with Crippen LogP contribution in [0.1, 0.15) is 29.8 Å². The van der Waals surface area contributed by atoms with Crippen molar-refractivity contribution in [1.29, 1.82) is 0 Å². The van der Waals surface area contributed by atoms with E-state index < -0.39 is 5.82 Å². The number of hydrogen-bond acceptors (Lipinski definition) is 4. The molecule has 1 N–H and O–H groups in total. The number of halogens is 1. The highest BCUT2D eigenvalue weighted by Crippen LogP contribution is 2.30. The smallest absolute Gasteiger partial charge is 0.217 e. The third kappa shape index (κ3) is 2.57. The lowest BCUT2D eigenvalue weighted by Crippen LogP contribution is -2.08. The number of rotatable bonds is 3. The molecular weight excluding hydrogens is 259 g/mol. The minimum atomic E-state index is -0.408. The Hall–Kier alpha value is -2.17. The van der Waals surface area contributed by atoms with Crippen LogP contribution in [-0.4, -0.2) is 15.1 Å². The summed E-state index contributed by atoms with van der Waals surface area (Å²) in [4.78, 5) is 8.30. The first-order valence-electron chi connectivity index (χ1n) is 6.68. The van der Waals surface area contributed by atoms with Crippen LogP contribution >= 0.6 is 0 Å². The normalized spacial score (nSPS) is 13.8. The summed E-state index contributed by atoms with van der Waals surface area (Å²) >= 11 is 0. The second-order valence-corrected chi connectivity index (χ2v) is 4.83. The second-order valence-electron chi connectivity index (χ2n) is 4.83. The Labute approximate surface area is 116 Å². The van der Waals surface area contributed by atoms with E-state index in [0.717, 1.165) is 36.9 Å². The highest BCUT2D eigenvalue weighted by molar-refractivity contribution is 5.40. The Balaban J connectivity index is 1.78. The van der Waals surface area contributed by atoms with Gasteiger partial charge in [-0.25, -0.2) is 9.37 Å². The summed E-state index contributed by atoms with van der Waals surface area (Å²) < 4.78 is 18.9. The Morgan fingerprint density at radius 3 is 3.00 bits per heavy atom. The molecule has 1 aliphatic rings. The zero-order valence-electron chi connectivity index (χ0n) is 11.0. The van der Waals surface area contributed by atoms with Crippen LogP contribution in [-0.2, 0) is 19.4 Å². The van der Waals surface area contributed by atoms with E-state index in [1.54, 1.807) is 0 Å². The van der Waals surface area contributed by atoms with Crippen LogP contribution in [0.5, 0.6) is 11.6 Å². The van der Waals surface area contributed by atoms with Crippen molar-refractivity contribution in [3.63, 3.8) is 0 Å². The summed E-state index contributed by atoms with van der Waals surface area (Å²) in [6.45, 7) is -0.00208. The number of hydrogen-bond donors (Lipinski definition) is 1. The molecule has 0 spiro atoms. The van der Waals surface area contributed by atoms with Gasteiger partial charge in [-0.3, -0.25) is 4.98 Å². The summed E-state index contributed by atoms with van der Waals surface area (Å²) in [6.07, 6.45) is 5.35. The lowest BCUT2D eigenvalue weighted by atomic mass is 9.95. The van der Waals surface area contributed by atoms with Crippen LogP contribution in [0.2, 0.25) is 0 Å². The van der Waals surface area contributed by atoms with E-state index in [2.05, 4.69) is 9.97 Å². The lowest BCUT2D eigenvalue weighted by Gasteiger charge is -2.17. The molecule has 5 heteroatoms. The Kier molecular flexibility index (Phi) is 3.50. The molecular formula is C15H15FN2O2. The Morgan fingerprint density at radius 1 is 1.30 bits per heavy atom. The van der Waals surface area contributed by atoms with E-state index in [-0.39, 0.29) is 18.1 Å². The van der Waals surface area contributed by atoms with E-state index in [4.69, 9.17) is 4.74 Å². The van der Waals surface area contributed by atoms with Crippen LogP contribution in [0.4, 0.5) is 4.39 Å². The van der Waals surface area contributed by atoms with Gasteiger partial charge in [-0.15, -0.1) is 0 Å². The highest BCUT2D eigenvalue weighted by Gasteiger charge is 2.16. The van der Waals surface area contributed by atoms with E-state index >= 15 is 0 Å². The van der Waals surface area contributed by atoms with Crippen LogP contribution in [0.3, 0.4) is 0 Å².